The van der Waals surface area contributed by atoms with Crippen LogP contribution in [-0.4, -0.2) is 32.9 Å². The first kappa shape index (κ1) is 6.48. The van der Waals surface area contributed by atoms with Crippen LogP contribution in [0.4, 0.5) is 0 Å². The van der Waals surface area contributed by atoms with Crippen molar-refractivity contribution < 1.29 is 0 Å². The summed E-state index contributed by atoms with van der Waals surface area (Å²) < 4.78 is 0. The normalized spacial score (nSPS) is 9.33. The van der Waals surface area contributed by atoms with Crippen LogP contribution in [0.2, 0.25) is 0 Å². The first-order valence-electron chi connectivity index (χ1n) is 1.62. The molecule has 0 aromatic rings. The van der Waals surface area contributed by atoms with Crippen molar-refractivity contribution in [2.24, 2.45) is 0 Å². The SMILES string of the molecule is B#S(C)=BB=B. The van der Waals surface area contributed by atoms with Gasteiger partial charge in [-0.15, -0.1) is 0 Å². The van der Waals surface area contributed by atoms with Crippen molar-refractivity contribution in [3.8, 4) is 0 Å². The first-order chi connectivity index (χ1) is 2.77. The van der Waals surface area contributed by atoms with E-state index >= 15 is 0 Å². The van der Waals surface area contributed by atoms with Gasteiger partial charge in [0.15, 0.2) is 0 Å². The molecule has 0 fully saturated rings. The zero-order valence-corrected chi connectivity index (χ0v) is 4.66. The zero-order chi connectivity index (χ0) is 4.99. The monoisotopic (exact) mass is 92.0 g/mol. The fourth-order valence-electron chi connectivity index (χ4n) is 0.152. The summed E-state index contributed by atoms with van der Waals surface area (Å²) in [5.41, 5.74) is 0. The summed E-state index contributed by atoms with van der Waals surface area (Å²) in [6, 6.07) is 1.86. The second kappa shape index (κ2) is 3.66. The Labute approximate surface area is 43.1 Å². The third-order valence-electron chi connectivity index (χ3n) is 0.311. The van der Waals surface area contributed by atoms with Crippen LogP contribution in [0.3, 0.4) is 0 Å². The molecule has 0 nitrogen and oxygen atoms in total. The predicted octanol–water partition coefficient (Wildman–Crippen LogP) is -0.977. The summed E-state index contributed by atoms with van der Waals surface area (Å²) in [4.78, 5) is 0. The molecule has 0 rings (SSSR count). The van der Waals surface area contributed by atoms with Gasteiger partial charge < -0.3 is 0 Å². The Morgan fingerprint density at radius 1 is 1.83 bits per heavy atom. The van der Waals surface area contributed by atoms with Gasteiger partial charge in [-0.3, -0.25) is 0 Å². The summed E-state index contributed by atoms with van der Waals surface area (Å²) in [5.74, 6) is 0. The van der Waals surface area contributed by atoms with Crippen LogP contribution in [0.5, 0.6) is 0 Å². The molecule has 0 aliphatic rings. The van der Waals surface area contributed by atoms with E-state index < -0.39 is 0 Å². The summed E-state index contributed by atoms with van der Waals surface area (Å²) in [6.07, 6.45) is 1.93. The molecule has 0 amide bonds. The van der Waals surface area contributed by atoms with E-state index in [-0.39, 0.29) is 9.56 Å². The summed E-state index contributed by atoms with van der Waals surface area (Å²) in [5, 5.41) is 0. The molecule has 0 heterocycles. The van der Waals surface area contributed by atoms with E-state index in [2.05, 4.69) is 7.37 Å². The van der Waals surface area contributed by atoms with Crippen LogP contribution in [0.15, 0.2) is 0 Å². The van der Waals surface area contributed by atoms with Crippen molar-refractivity contribution in [3.63, 3.8) is 0 Å². The Hall–Kier alpha value is 0.480. The molecule has 0 spiro atoms. The third kappa shape index (κ3) is 4.48. The minimum atomic E-state index is -0.0586. The van der Waals surface area contributed by atoms with Gasteiger partial charge in [-0.25, -0.2) is 0 Å². The van der Waals surface area contributed by atoms with Crippen LogP contribution in [0, 0.1) is 0 Å². The number of hydrogen-bond donors (Lipinski definition) is 0. The zero-order valence-electron chi connectivity index (χ0n) is 3.85. The van der Waals surface area contributed by atoms with Crippen molar-refractivity contribution in [3.05, 3.63) is 0 Å². The molecule has 0 saturated heterocycles. The van der Waals surface area contributed by atoms with E-state index in [0.29, 0.717) is 0 Å². The van der Waals surface area contributed by atoms with Crippen molar-refractivity contribution >= 4 is 36.2 Å². The molecule has 0 N–H and O–H groups in total. The Kier molecular flexibility index (Phi) is 3.96. The van der Waals surface area contributed by atoms with Crippen LogP contribution in [0.25, 0.3) is 0 Å². The van der Waals surface area contributed by atoms with Gasteiger partial charge in [0.25, 0.3) is 0 Å². The van der Waals surface area contributed by atoms with E-state index in [1.165, 1.54) is 0 Å². The minimum absolute atomic E-state index is 0.0586. The molecule has 0 aromatic carbocycles. The summed E-state index contributed by atoms with van der Waals surface area (Å²) in [6.45, 7) is 7.02. The van der Waals surface area contributed by atoms with Gasteiger partial charge in [-0.1, -0.05) is 0 Å². The van der Waals surface area contributed by atoms with Gasteiger partial charge in [0, 0.05) is 0 Å². The van der Waals surface area contributed by atoms with E-state index in [1.54, 1.807) is 6.69 Å². The Morgan fingerprint density at radius 2 is 2.33 bits per heavy atom. The van der Waals surface area contributed by atoms with Crippen molar-refractivity contribution in [2.75, 3.05) is 6.26 Å². The quantitative estimate of drug-likeness (QED) is 0.364. The Balaban J connectivity index is 3.89. The molecule has 0 saturated carbocycles. The van der Waals surface area contributed by atoms with Crippen LogP contribution in [-0.2, 0) is 0 Å². The first-order valence-corrected chi connectivity index (χ1v) is 3.38. The predicted molar refractivity (Wildman–Crippen MR) is 37.9 cm³/mol. The number of rotatable bonds is 1. The van der Waals surface area contributed by atoms with E-state index in [4.69, 9.17) is 6.53 Å². The third-order valence-corrected chi connectivity index (χ3v) is 0.933. The van der Waals surface area contributed by atoms with Gasteiger partial charge in [-0.05, 0) is 0 Å². The maximum atomic E-state index is 5.30. The molecule has 0 radical (unpaired) electrons. The molecule has 6 heavy (non-hydrogen) atoms. The fraction of sp³-hybridized carbons (Fsp3) is 1.00. The fourth-order valence-corrected chi connectivity index (χ4v) is 0.455. The molecular formula is CH4B4S. The summed E-state index contributed by atoms with van der Waals surface area (Å²) in [7, 11) is 3.41. The van der Waals surface area contributed by atoms with Crippen molar-refractivity contribution in [1.82, 2.24) is 0 Å². The second-order valence-corrected chi connectivity index (χ2v) is 2.47. The Bertz CT molecular complexity index is 149. The molecule has 0 atom stereocenters. The van der Waals surface area contributed by atoms with Crippen LogP contribution >= 0.6 is 9.56 Å². The van der Waals surface area contributed by atoms with Gasteiger partial charge in [0.1, 0.15) is 0 Å². The summed E-state index contributed by atoms with van der Waals surface area (Å²) >= 11 is 0. The van der Waals surface area contributed by atoms with Gasteiger partial charge in [0.2, 0.25) is 0 Å². The van der Waals surface area contributed by atoms with Crippen molar-refractivity contribution in [1.29, 1.82) is 0 Å². The molecule has 0 bridgehead atoms. The van der Waals surface area contributed by atoms with Gasteiger partial charge in [-0.2, -0.15) is 0 Å². The molecular weight excluding hydrogens is 87.3 g/mol. The van der Waals surface area contributed by atoms with Crippen LogP contribution in [0.1, 0.15) is 0 Å². The average Bonchev–Trinajstić information content (AvgIpc) is 1.35. The average molecular weight is 91.4 g/mol. The standard InChI is InChI=1S/CH4B4S/c1-6(3)5-4-2/h2H,1H3. The van der Waals surface area contributed by atoms with Crippen LogP contribution < -0.4 is 0 Å². The van der Waals surface area contributed by atoms with Gasteiger partial charge in [0.05, 0.1) is 0 Å². The second-order valence-electron chi connectivity index (χ2n) is 0.979. The molecule has 5 heteroatoms. The maximum absolute atomic E-state index is 5.30. The molecule has 26 valence electrons. The topological polar surface area (TPSA) is 0 Å². The number of hydrogen-bond acceptors (Lipinski definition) is 0. The molecule has 0 unspecified atom stereocenters. The van der Waals surface area contributed by atoms with E-state index in [9.17, 15) is 0 Å². The van der Waals surface area contributed by atoms with E-state index in [1.807, 2.05) is 12.3 Å². The van der Waals surface area contributed by atoms with E-state index in [0.717, 1.165) is 0 Å². The molecule has 0 aliphatic heterocycles. The van der Waals surface area contributed by atoms with Crippen molar-refractivity contribution in [2.45, 2.75) is 0 Å². The van der Waals surface area contributed by atoms with Gasteiger partial charge >= 0.3 is 42.5 Å². The Morgan fingerprint density at radius 3 is 2.33 bits per heavy atom. The molecule has 0 aromatic heterocycles. The molecule has 0 aliphatic carbocycles.